The summed E-state index contributed by atoms with van der Waals surface area (Å²) in [6.07, 6.45) is 4.96. The van der Waals surface area contributed by atoms with Gasteiger partial charge in [-0.15, -0.1) is 0 Å². The summed E-state index contributed by atoms with van der Waals surface area (Å²) >= 11 is 0. The molecule has 1 aromatic rings. The molecule has 1 aliphatic rings. The third kappa shape index (κ3) is 2.04. The van der Waals surface area contributed by atoms with Crippen molar-refractivity contribution >= 4 is 5.69 Å². The fourth-order valence-electron chi connectivity index (χ4n) is 1.87. The van der Waals surface area contributed by atoms with E-state index in [9.17, 15) is 0 Å². The molecule has 1 saturated heterocycles. The standard InChI is InChI=1S/C11H17N3/c1-2-10-9-14(7-6-13-10)11-4-3-5-12-8-11/h3-5,8,10,13H,2,6-7,9H2,1H3. The number of hydrogen-bond donors (Lipinski definition) is 1. The highest BCUT2D eigenvalue weighted by Gasteiger charge is 2.17. The molecule has 0 radical (unpaired) electrons. The molecule has 1 N–H and O–H groups in total. The van der Waals surface area contributed by atoms with E-state index in [0.29, 0.717) is 6.04 Å². The van der Waals surface area contributed by atoms with Gasteiger partial charge in [0.05, 0.1) is 11.9 Å². The van der Waals surface area contributed by atoms with Crippen molar-refractivity contribution in [1.29, 1.82) is 0 Å². The van der Waals surface area contributed by atoms with Crippen LogP contribution in [0.1, 0.15) is 13.3 Å². The molecule has 0 saturated carbocycles. The van der Waals surface area contributed by atoms with Crippen molar-refractivity contribution in [3.8, 4) is 0 Å². The van der Waals surface area contributed by atoms with Gasteiger partial charge >= 0.3 is 0 Å². The average molecular weight is 191 g/mol. The Morgan fingerprint density at radius 1 is 1.64 bits per heavy atom. The van der Waals surface area contributed by atoms with Gasteiger partial charge in [-0.1, -0.05) is 6.92 Å². The van der Waals surface area contributed by atoms with E-state index in [0.717, 1.165) is 19.6 Å². The quantitative estimate of drug-likeness (QED) is 0.763. The van der Waals surface area contributed by atoms with Crippen molar-refractivity contribution in [2.45, 2.75) is 19.4 Å². The lowest BCUT2D eigenvalue weighted by Crippen LogP contribution is -2.50. The summed E-state index contributed by atoms with van der Waals surface area (Å²) in [6, 6.07) is 4.76. The van der Waals surface area contributed by atoms with Gasteiger partial charge in [0, 0.05) is 31.9 Å². The molecule has 1 aliphatic heterocycles. The summed E-state index contributed by atoms with van der Waals surface area (Å²) in [4.78, 5) is 6.55. The number of piperazine rings is 1. The van der Waals surface area contributed by atoms with Crippen LogP contribution in [0.25, 0.3) is 0 Å². The van der Waals surface area contributed by atoms with Crippen molar-refractivity contribution in [2.24, 2.45) is 0 Å². The van der Waals surface area contributed by atoms with Crippen molar-refractivity contribution in [2.75, 3.05) is 24.5 Å². The van der Waals surface area contributed by atoms with E-state index in [4.69, 9.17) is 0 Å². The Labute approximate surface area is 85.1 Å². The lowest BCUT2D eigenvalue weighted by molar-refractivity contribution is 0.447. The van der Waals surface area contributed by atoms with E-state index in [1.807, 2.05) is 18.5 Å². The van der Waals surface area contributed by atoms with E-state index in [2.05, 4.69) is 28.2 Å². The van der Waals surface area contributed by atoms with Crippen LogP contribution < -0.4 is 10.2 Å². The van der Waals surface area contributed by atoms with Crippen LogP contribution >= 0.6 is 0 Å². The molecule has 0 aromatic carbocycles. The minimum atomic E-state index is 0.629. The highest BCUT2D eigenvalue weighted by atomic mass is 15.2. The molecule has 1 unspecified atom stereocenters. The van der Waals surface area contributed by atoms with Crippen molar-refractivity contribution < 1.29 is 0 Å². The largest absolute Gasteiger partial charge is 0.367 e. The summed E-state index contributed by atoms with van der Waals surface area (Å²) in [7, 11) is 0. The maximum atomic E-state index is 4.15. The molecule has 0 spiro atoms. The molecule has 3 heteroatoms. The summed E-state index contributed by atoms with van der Waals surface area (Å²) in [5, 5.41) is 3.51. The summed E-state index contributed by atoms with van der Waals surface area (Å²) in [5.41, 5.74) is 1.24. The van der Waals surface area contributed by atoms with E-state index in [-0.39, 0.29) is 0 Å². The van der Waals surface area contributed by atoms with Gasteiger partial charge in [0.25, 0.3) is 0 Å². The second-order valence-corrected chi connectivity index (χ2v) is 3.72. The number of rotatable bonds is 2. The van der Waals surface area contributed by atoms with E-state index < -0.39 is 0 Å². The van der Waals surface area contributed by atoms with Crippen LogP contribution in [0.3, 0.4) is 0 Å². The molecule has 76 valence electrons. The first-order chi connectivity index (χ1) is 6.90. The van der Waals surface area contributed by atoms with Crippen LogP contribution in [0.5, 0.6) is 0 Å². The van der Waals surface area contributed by atoms with Gasteiger partial charge in [-0.2, -0.15) is 0 Å². The maximum absolute atomic E-state index is 4.15. The Balaban J connectivity index is 2.04. The summed E-state index contributed by atoms with van der Waals surface area (Å²) in [6.45, 7) is 5.49. The molecule has 0 aliphatic carbocycles. The number of pyridine rings is 1. The van der Waals surface area contributed by atoms with E-state index >= 15 is 0 Å². The molecule has 2 rings (SSSR count). The highest BCUT2D eigenvalue weighted by Crippen LogP contribution is 2.14. The van der Waals surface area contributed by atoms with E-state index in [1.165, 1.54) is 12.1 Å². The predicted octanol–water partition coefficient (Wildman–Crippen LogP) is 1.27. The van der Waals surface area contributed by atoms with Gasteiger partial charge in [0.15, 0.2) is 0 Å². The average Bonchev–Trinajstić information content (AvgIpc) is 2.30. The highest BCUT2D eigenvalue weighted by molar-refractivity contribution is 5.44. The molecular formula is C11H17N3. The van der Waals surface area contributed by atoms with Gasteiger partial charge in [-0.25, -0.2) is 0 Å². The molecular weight excluding hydrogens is 174 g/mol. The SMILES string of the molecule is CCC1CN(c2cccnc2)CCN1. The smallest absolute Gasteiger partial charge is 0.0553 e. The maximum Gasteiger partial charge on any atom is 0.0553 e. The van der Waals surface area contributed by atoms with Gasteiger partial charge in [0.2, 0.25) is 0 Å². The fraction of sp³-hybridized carbons (Fsp3) is 0.545. The van der Waals surface area contributed by atoms with Crippen LogP contribution in [0.4, 0.5) is 5.69 Å². The zero-order valence-electron chi connectivity index (χ0n) is 8.61. The number of nitrogens with zero attached hydrogens (tertiary/aromatic N) is 2. The summed E-state index contributed by atoms with van der Waals surface area (Å²) < 4.78 is 0. The van der Waals surface area contributed by atoms with Crippen molar-refractivity contribution in [3.63, 3.8) is 0 Å². The minimum Gasteiger partial charge on any atom is -0.367 e. The first-order valence-corrected chi connectivity index (χ1v) is 5.28. The third-order valence-corrected chi connectivity index (χ3v) is 2.76. The Hall–Kier alpha value is -1.09. The molecule has 3 nitrogen and oxygen atoms in total. The Morgan fingerprint density at radius 2 is 2.57 bits per heavy atom. The third-order valence-electron chi connectivity index (χ3n) is 2.76. The topological polar surface area (TPSA) is 28.2 Å². The van der Waals surface area contributed by atoms with Crippen LogP contribution in [0.15, 0.2) is 24.5 Å². The molecule has 1 aromatic heterocycles. The molecule has 2 heterocycles. The van der Waals surface area contributed by atoms with Crippen molar-refractivity contribution in [3.05, 3.63) is 24.5 Å². The first-order valence-electron chi connectivity index (χ1n) is 5.28. The lowest BCUT2D eigenvalue weighted by Gasteiger charge is -2.34. The van der Waals surface area contributed by atoms with Crippen molar-refractivity contribution in [1.82, 2.24) is 10.3 Å². The molecule has 14 heavy (non-hydrogen) atoms. The van der Waals surface area contributed by atoms with Gasteiger partial charge < -0.3 is 10.2 Å². The zero-order chi connectivity index (χ0) is 9.80. The van der Waals surface area contributed by atoms with E-state index in [1.54, 1.807) is 0 Å². The Bertz CT molecular complexity index is 273. The number of nitrogens with one attached hydrogen (secondary N) is 1. The second kappa shape index (κ2) is 4.42. The number of hydrogen-bond acceptors (Lipinski definition) is 3. The molecule has 1 atom stereocenters. The number of anilines is 1. The van der Waals surface area contributed by atoms with Crippen LogP contribution in [-0.4, -0.2) is 30.7 Å². The normalized spacial score (nSPS) is 22.4. The van der Waals surface area contributed by atoms with Crippen LogP contribution in [-0.2, 0) is 0 Å². The Kier molecular flexibility index (Phi) is 2.99. The first kappa shape index (κ1) is 9.46. The van der Waals surface area contributed by atoms with Gasteiger partial charge in [-0.3, -0.25) is 4.98 Å². The van der Waals surface area contributed by atoms with Gasteiger partial charge in [-0.05, 0) is 18.6 Å². The van der Waals surface area contributed by atoms with Gasteiger partial charge in [0.1, 0.15) is 0 Å². The Morgan fingerprint density at radius 3 is 3.29 bits per heavy atom. The summed E-state index contributed by atoms with van der Waals surface area (Å²) in [5.74, 6) is 0. The molecule has 0 amide bonds. The molecule has 0 bridgehead atoms. The number of aromatic nitrogens is 1. The predicted molar refractivity (Wildman–Crippen MR) is 58.5 cm³/mol. The fourth-order valence-corrected chi connectivity index (χ4v) is 1.87. The minimum absolute atomic E-state index is 0.629. The van der Waals surface area contributed by atoms with Crippen LogP contribution in [0.2, 0.25) is 0 Å². The second-order valence-electron chi connectivity index (χ2n) is 3.72. The van der Waals surface area contributed by atoms with Crippen LogP contribution in [0, 0.1) is 0 Å². The lowest BCUT2D eigenvalue weighted by atomic mass is 10.1. The zero-order valence-corrected chi connectivity index (χ0v) is 8.61. The monoisotopic (exact) mass is 191 g/mol. The molecule has 1 fully saturated rings.